The summed E-state index contributed by atoms with van der Waals surface area (Å²) in [6, 6.07) is 15.0. The van der Waals surface area contributed by atoms with Crippen molar-refractivity contribution < 1.29 is 0 Å². The molecule has 0 aliphatic carbocycles. The lowest BCUT2D eigenvalue weighted by Gasteiger charge is -2.06. The number of nitrogens with zero attached hydrogens (tertiary/aromatic N) is 4. The molecule has 0 fully saturated rings. The third-order valence-electron chi connectivity index (χ3n) is 3.81. The van der Waals surface area contributed by atoms with E-state index in [1.165, 1.54) is 0 Å². The van der Waals surface area contributed by atoms with Crippen molar-refractivity contribution >= 4 is 34.5 Å². The third kappa shape index (κ3) is 2.86. The number of hydrogen-bond donors (Lipinski definition) is 1. The van der Waals surface area contributed by atoms with Gasteiger partial charge < -0.3 is 5.73 Å². The monoisotopic (exact) mass is 365 g/mol. The standard InChI is InChI=1S/C18H12ClN5S/c19-13-3-1-2-12(10-13)17-22-18-14(16(20)25)4-5-15(24(18)23-17)11-6-8-21-9-7-11/h1-10H,(H2,20,25). The van der Waals surface area contributed by atoms with Crippen LogP contribution in [0.4, 0.5) is 0 Å². The maximum atomic E-state index is 6.09. The molecule has 0 spiro atoms. The minimum atomic E-state index is 0.274. The first kappa shape index (κ1) is 15.7. The first-order chi connectivity index (χ1) is 12.1. The number of fused-ring (bicyclic) bond motifs is 1. The van der Waals surface area contributed by atoms with Crippen LogP contribution in [0.25, 0.3) is 28.3 Å². The second kappa shape index (κ2) is 6.23. The number of nitrogens with two attached hydrogens (primary N) is 1. The predicted octanol–water partition coefficient (Wildman–Crippen LogP) is 3.75. The predicted molar refractivity (Wildman–Crippen MR) is 103 cm³/mol. The van der Waals surface area contributed by atoms with Crippen molar-refractivity contribution in [2.75, 3.05) is 0 Å². The topological polar surface area (TPSA) is 69.1 Å². The van der Waals surface area contributed by atoms with E-state index in [4.69, 9.17) is 29.6 Å². The molecule has 0 saturated carbocycles. The molecule has 25 heavy (non-hydrogen) atoms. The second-order valence-electron chi connectivity index (χ2n) is 5.41. The van der Waals surface area contributed by atoms with Crippen molar-refractivity contribution in [1.82, 2.24) is 19.6 Å². The molecule has 1 aromatic carbocycles. The van der Waals surface area contributed by atoms with Gasteiger partial charge in [-0.3, -0.25) is 4.98 Å². The van der Waals surface area contributed by atoms with Crippen LogP contribution in [0.15, 0.2) is 60.9 Å². The molecule has 0 aliphatic rings. The molecule has 0 bridgehead atoms. The zero-order chi connectivity index (χ0) is 17.4. The van der Waals surface area contributed by atoms with Gasteiger partial charge in [-0.25, -0.2) is 9.50 Å². The zero-order valence-electron chi connectivity index (χ0n) is 12.9. The average molecular weight is 366 g/mol. The second-order valence-corrected chi connectivity index (χ2v) is 6.29. The van der Waals surface area contributed by atoms with Crippen LogP contribution in [0.3, 0.4) is 0 Å². The highest BCUT2D eigenvalue weighted by atomic mass is 35.5. The van der Waals surface area contributed by atoms with Crippen molar-refractivity contribution in [2.24, 2.45) is 5.73 Å². The number of halogens is 1. The summed E-state index contributed by atoms with van der Waals surface area (Å²) in [5.41, 5.74) is 9.81. The zero-order valence-corrected chi connectivity index (χ0v) is 14.5. The Labute approximate surface area is 154 Å². The quantitative estimate of drug-likeness (QED) is 0.560. The van der Waals surface area contributed by atoms with E-state index in [0.717, 1.165) is 16.8 Å². The van der Waals surface area contributed by atoms with Crippen LogP contribution in [0.1, 0.15) is 5.56 Å². The molecule has 0 aliphatic heterocycles. The highest BCUT2D eigenvalue weighted by Gasteiger charge is 2.15. The Balaban J connectivity index is 2.00. The molecule has 0 saturated heterocycles. The van der Waals surface area contributed by atoms with Crippen LogP contribution >= 0.6 is 23.8 Å². The molecular weight excluding hydrogens is 354 g/mol. The van der Waals surface area contributed by atoms with E-state index in [-0.39, 0.29) is 4.99 Å². The molecule has 0 radical (unpaired) electrons. The molecule has 122 valence electrons. The number of thiocarbonyl (C=S) groups is 1. The van der Waals surface area contributed by atoms with E-state index in [0.29, 0.717) is 22.1 Å². The van der Waals surface area contributed by atoms with E-state index in [9.17, 15) is 0 Å². The molecular formula is C18H12ClN5S. The molecule has 2 N–H and O–H groups in total. The van der Waals surface area contributed by atoms with Crippen LogP contribution in [0.5, 0.6) is 0 Å². The lowest BCUT2D eigenvalue weighted by atomic mass is 10.1. The van der Waals surface area contributed by atoms with Crippen LogP contribution in [-0.4, -0.2) is 24.6 Å². The highest BCUT2D eigenvalue weighted by molar-refractivity contribution is 7.80. The Morgan fingerprint density at radius 2 is 1.84 bits per heavy atom. The fraction of sp³-hybridized carbons (Fsp3) is 0. The third-order valence-corrected chi connectivity index (χ3v) is 4.26. The summed E-state index contributed by atoms with van der Waals surface area (Å²) in [4.78, 5) is 8.97. The van der Waals surface area contributed by atoms with Gasteiger partial charge in [0.1, 0.15) is 4.99 Å². The molecule has 4 aromatic rings. The molecule has 7 heteroatoms. The van der Waals surface area contributed by atoms with Crippen molar-refractivity contribution in [2.45, 2.75) is 0 Å². The van der Waals surface area contributed by atoms with Crippen molar-refractivity contribution in [3.05, 3.63) is 71.5 Å². The fourth-order valence-corrected chi connectivity index (χ4v) is 2.99. The van der Waals surface area contributed by atoms with Crippen LogP contribution in [-0.2, 0) is 0 Å². The molecule has 3 heterocycles. The van der Waals surface area contributed by atoms with Crippen molar-refractivity contribution in [1.29, 1.82) is 0 Å². The van der Waals surface area contributed by atoms with Crippen molar-refractivity contribution in [3.8, 4) is 22.6 Å². The van der Waals surface area contributed by atoms with Crippen LogP contribution in [0, 0.1) is 0 Å². The van der Waals surface area contributed by atoms with E-state index >= 15 is 0 Å². The average Bonchev–Trinajstić information content (AvgIpc) is 3.06. The Kier molecular flexibility index (Phi) is 3.91. The van der Waals surface area contributed by atoms with E-state index in [1.54, 1.807) is 16.9 Å². The Bertz CT molecular complexity index is 1090. The number of benzene rings is 1. The highest BCUT2D eigenvalue weighted by Crippen LogP contribution is 2.26. The largest absolute Gasteiger partial charge is 0.389 e. The molecule has 4 rings (SSSR count). The number of rotatable bonds is 3. The Hall–Kier alpha value is -2.83. The molecule has 0 atom stereocenters. The minimum absolute atomic E-state index is 0.274. The normalized spacial score (nSPS) is 10.9. The molecule has 5 nitrogen and oxygen atoms in total. The lowest BCUT2D eigenvalue weighted by molar-refractivity contribution is 0.972. The summed E-state index contributed by atoms with van der Waals surface area (Å²) in [7, 11) is 0. The van der Waals surface area contributed by atoms with Gasteiger partial charge in [0, 0.05) is 28.5 Å². The number of pyridine rings is 2. The number of aromatic nitrogens is 4. The first-order valence-electron chi connectivity index (χ1n) is 7.49. The summed E-state index contributed by atoms with van der Waals surface area (Å²) in [6.45, 7) is 0. The van der Waals surface area contributed by atoms with Crippen LogP contribution < -0.4 is 5.73 Å². The van der Waals surface area contributed by atoms with Gasteiger partial charge in [-0.15, -0.1) is 5.10 Å². The Morgan fingerprint density at radius 3 is 2.56 bits per heavy atom. The van der Waals surface area contributed by atoms with E-state index in [1.807, 2.05) is 48.5 Å². The van der Waals surface area contributed by atoms with E-state index in [2.05, 4.69) is 15.1 Å². The molecule has 3 aromatic heterocycles. The van der Waals surface area contributed by atoms with Crippen molar-refractivity contribution in [3.63, 3.8) is 0 Å². The fourth-order valence-electron chi connectivity index (χ4n) is 2.65. The molecule has 0 amide bonds. The van der Waals surface area contributed by atoms with Gasteiger partial charge in [-0.05, 0) is 36.4 Å². The van der Waals surface area contributed by atoms with Gasteiger partial charge in [-0.2, -0.15) is 0 Å². The first-order valence-corrected chi connectivity index (χ1v) is 8.28. The van der Waals surface area contributed by atoms with Gasteiger partial charge in [-0.1, -0.05) is 36.0 Å². The summed E-state index contributed by atoms with van der Waals surface area (Å²) in [5.74, 6) is 0.557. The van der Waals surface area contributed by atoms with Gasteiger partial charge in [0.15, 0.2) is 11.5 Å². The van der Waals surface area contributed by atoms with E-state index < -0.39 is 0 Å². The van der Waals surface area contributed by atoms with Gasteiger partial charge in [0.2, 0.25) is 0 Å². The van der Waals surface area contributed by atoms with Gasteiger partial charge in [0.25, 0.3) is 0 Å². The summed E-state index contributed by atoms with van der Waals surface area (Å²) < 4.78 is 1.75. The summed E-state index contributed by atoms with van der Waals surface area (Å²) >= 11 is 11.3. The Morgan fingerprint density at radius 1 is 1.04 bits per heavy atom. The number of hydrogen-bond acceptors (Lipinski definition) is 4. The summed E-state index contributed by atoms with van der Waals surface area (Å²) in [5, 5.41) is 5.28. The lowest BCUT2D eigenvalue weighted by Crippen LogP contribution is -2.12. The van der Waals surface area contributed by atoms with Crippen LogP contribution in [0.2, 0.25) is 5.02 Å². The SMILES string of the molecule is NC(=S)c1ccc(-c2ccncc2)n2nc(-c3cccc(Cl)c3)nc12. The summed E-state index contributed by atoms with van der Waals surface area (Å²) in [6.07, 6.45) is 3.47. The van der Waals surface area contributed by atoms with Gasteiger partial charge >= 0.3 is 0 Å². The molecule has 0 unspecified atom stereocenters. The maximum absolute atomic E-state index is 6.09. The minimum Gasteiger partial charge on any atom is -0.389 e. The maximum Gasteiger partial charge on any atom is 0.182 e. The smallest absolute Gasteiger partial charge is 0.182 e. The van der Waals surface area contributed by atoms with Gasteiger partial charge in [0.05, 0.1) is 11.3 Å².